The molecule has 92 valence electrons. The van der Waals surface area contributed by atoms with Crippen LogP contribution in [0.1, 0.15) is 29.3 Å². The van der Waals surface area contributed by atoms with Gasteiger partial charge in [0.25, 0.3) is 12.2 Å². The lowest BCUT2D eigenvalue weighted by molar-refractivity contribution is -0.137. The molecule has 1 aromatic rings. The maximum absolute atomic E-state index is 12.3. The molecule has 0 aliphatic heterocycles. The van der Waals surface area contributed by atoms with E-state index in [0.29, 0.717) is 0 Å². The molecule has 0 aliphatic rings. The van der Waals surface area contributed by atoms with Crippen LogP contribution in [0.3, 0.4) is 0 Å². The van der Waals surface area contributed by atoms with Crippen LogP contribution >= 0.6 is 0 Å². The number of hydrogen-bond acceptors (Lipinski definition) is 4. The number of esters is 1. The topological polar surface area (TPSA) is 63.6 Å². The van der Waals surface area contributed by atoms with Crippen LogP contribution in [0.25, 0.3) is 0 Å². The van der Waals surface area contributed by atoms with Crippen molar-refractivity contribution in [3.63, 3.8) is 0 Å². The molecule has 6 heteroatoms. The predicted octanol–water partition coefficient (Wildman–Crippen LogP) is 2.08. The minimum Gasteiger partial charge on any atom is -0.507 e. The van der Waals surface area contributed by atoms with E-state index in [1.165, 1.54) is 6.92 Å². The average molecular weight is 244 g/mol. The molecule has 17 heavy (non-hydrogen) atoms. The molecule has 0 amide bonds. The number of ketones is 1. The van der Waals surface area contributed by atoms with Gasteiger partial charge in [0.1, 0.15) is 5.75 Å². The fourth-order valence-electron chi connectivity index (χ4n) is 1.18. The van der Waals surface area contributed by atoms with Crippen LogP contribution in [0.5, 0.6) is 5.75 Å². The van der Waals surface area contributed by atoms with Crippen molar-refractivity contribution < 1.29 is 28.2 Å². The molecule has 0 unspecified atom stereocenters. The molecular weight excluding hydrogens is 234 g/mol. The number of ether oxygens (including phenoxy) is 1. The first-order chi connectivity index (χ1) is 7.97. The Hall–Kier alpha value is -1.98. The van der Waals surface area contributed by atoms with E-state index in [4.69, 9.17) is 0 Å². The van der Waals surface area contributed by atoms with E-state index in [9.17, 15) is 23.5 Å². The molecule has 0 bridgehead atoms. The van der Waals surface area contributed by atoms with Gasteiger partial charge in [-0.3, -0.25) is 4.79 Å². The van der Waals surface area contributed by atoms with Gasteiger partial charge in [-0.05, 0) is 19.1 Å². The lowest BCUT2D eigenvalue weighted by atomic mass is 10.1. The zero-order chi connectivity index (χ0) is 13.0. The number of phenolic OH excluding ortho intramolecular Hbond substituents is 1. The van der Waals surface area contributed by atoms with Crippen molar-refractivity contribution in [2.24, 2.45) is 0 Å². The Morgan fingerprint density at radius 2 is 2.06 bits per heavy atom. The Bertz CT molecular complexity index is 443. The second-order valence-corrected chi connectivity index (χ2v) is 3.13. The molecule has 0 heterocycles. The molecule has 0 saturated heterocycles. The van der Waals surface area contributed by atoms with Crippen LogP contribution in [0, 0.1) is 0 Å². The molecule has 0 atom stereocenters. The lowest BCUT2D eigenvalue weighted by Crippen LogP contribution is -2.17. The summed E-state index contributed by atoms with van der Waals surface area (Å²) in [6.07, 6.45) is -2.76. The number of phenols is 1. The number of alkyl halides is 2. The van der Waals surface area contributed by atoms with Crippen molar-refractivity contribution in [2.45, 2.75) is 13.3 Å². The maximum atomic E-state index is 12.3. The zero-order valence-electron chi connectivity index (χ0n) is 8.94. The summed E-state index contributed by atoms with van der Waals surface area (Å²) in [7, 11) is 0. The van der Waals surface area contributed by atoms with Gasteiger partial charge in [-0.2, -0.15) is 0 Å². The van der Waals surface area contributed by atoms with Crippen molar-refractivity contribution in [3.8, 4) is 5.75 Å². The van der Waals surface area contributed by atoms with Crippen LogP contribution in [0.15, 0.2) is 18.2 Å². The van der Waals surface area contributed by atoms with Crippen molar-refractivity contribution in [3.05, 3.63) is 29.3 Å². The van der Waals surface area contributed by atoms with E-state index in [1.54, 1.807) is 0 Å². The van der Waals surface area contributed by atoms with E-state index in [2.05, 4.69) is 4.74 Å². The lowest BCUT2D eigenvalue weighted by Gasteiger charge is -2.05. The summed E-state index contributed by atoms with van der Waals surface area (Å²) >= 11 is 0. The largest absolute Gasteiger partial charge is 0.507 e. The number of rotatable bonds is 4. The molecule has 1 N–H and O–H groups in total. The Balaban J connectivity index is 3.00. The number of hydrogen-bond donors (Lipinski definition) is 1. The van der Waals surface area contributed by atoms with Gasteiger partial charge in [0.15, 0.2) is 0 Å². The van der Waals surface area contributed by atoms with Gasteiger partial charge in [0, 0.05) is 5.56 Å². The summed E-state index contributed by atoms with van der Waals surface area (Å²) in [6.45, 7) is 1.53. The number of Topliss-reactive ketones (excluding diaryl/α,β-unsaturated/α-hetero) is 1. The first-order valence-corrected chi connectivity index (χ1v) is 4.79. The Morgan fingerprint density at radius 3 is 2.53 bits per heavy atom. The van der Waals surface area contributed by atoms with Gasteiger partial charge < -0.3 is 9.84 Å². The van der Waals surface area contributed by atoms with Gasteiger partial charge in [-0.25, -0.2) is 13.6 Å². The first-order valence-electron chi connectivity index (χ1n) is 4.79. The molecular formula is C11H10F2O4. The highest BCUT2D eigenvalue weighted by Crippen LogP contribution is 2.26. The van der Waals surface area contributed by atoms with E-state index < -0.39 is 29.5 Å². The summed E-state index contributed by atoms with van der Waals surface area (Å²) in [5.41, 5.74) is -0.782. The van der Waals surface area contributed by atoms with Crippen molar-refractivity contribution in [2.75, 3.05) is 6.61 Å². The molecule has 0 aliphatic carbocycles. The Labute approximate surface area is 95.8 Å². The first kappa shape index (κ1) is 13.1. The standard InChI is InChI=1S/C11H10F2O4/c1-2-17-11(16)9(15)7-4-3-6(10(12)13)5-8(7)14/h3-5,10,14H,2H2,1H3. The van der Waals surface area contributed by atoms with Crippen molar-refractivity contribution in [1.29, 1.82) is 0 Å². The average Bonchev–Trinajstić information content (AvgIpc) is 2.28. The van der Waals surface area contributed by atoms with Crippen LogP contribution in [-0.2, 0) is 9.53 Å². The summed E-state index contributed by atoms with van der Waals surface area (Å²) in [5, 5.41) is 9.37. The highest BCUT2D eigenvalue weighted by Gasteiger charge is 2.22. The van der Waals surface area contributed by atoms with E-state index in [0.717, 1.165) is 18.2 Å². The van der Waals surface area contributed by atoms with Crippen LogP contribution < -0.4 is 0 Å². The van der Waals surface area contributed by atoms with E-state index in [1.807, 2.05) is 0 Å². The van der Waals surface area contributed by atoms with Gasteiger partial charge in [-0.1, -0.05) is 6.07 Å². The third kappa shape index (κ3) is 2.99. The molecule has 1 aromatic carbocycles. The Morgan fingerprint density at radius 1 is 1.41 bits per heavy atom. The highest BCUT2D eigenvalue weighted by molar-refractivity contribution is 6.41. The maximum Gasteiger partial charge on any atom is 0.379 e. The van der Waals surface area contributed by atoms with Gasteiger partial charge >= 0.3 is 5.97 Å². The zero-order valence-corrected chi connectivity index (χ0v) is 8.94. The predicted molar refractivity (Wildman–Crippen MR) is 54.0 cm³/mol. The number of halogens is 2. The van der Waals surface area contributed by atoms with E-state index >= 15 is 0 Å². The summed E-state index contributed by atoms with van der Waals surface area (Å²) in [5.74, 6) is -2.86. The summed E-state index contributed by atoms with van der Waals surface area (Å²) in [6, 6.07) is 2.68. The van der Waals surface area contributed by atoms with Crippen LogP contribution in [0.4, 0.5) is 8.78 Å². The van der Waals surface area contributed by atoms with Gasteiger partial charge in [-0.15, -0.1) is 0 Å². The number of benzene rings is 1. The summed E-state index contributed by atoms with van der Waals surface area (Å²) in [4.78, 5) is 22.5. The number of carbonyl (C=O) groups excluding carboxylic acids is 2. The quantitative estimate of drug-likeness (QED) is 0.500. The molecule has 0 radical (unpaired) electrons. The summed E-state index contributed by atoms with van der Waals surface area (Å²) < 4.78 is 29.0. The molecule has 0 fully saturated rings. The smallest absolute Gasteiger partial charge is 0.379 e. The third-order valence-electron chi connectivity index (χ3n) is 1.98. The molecule has 1 rings (SSSR count). The minimum atomic E-state index is -2.76. The van der Waals surface area contributed by atoms with Gasteiger partial charge in [0.05, 0.1) is 12.2 Å². The molecule has 0 aromatic heterocycles. The normalized spacial score (nSPS) is 10.4. The Kier molecular flexibility index (Phi) is 4.14. The second kappa shape index (κ2) is 5.38. The van der Waals surface area contributed by atoms with Gasteiger partial charge in [0.2, 0.25) is 0 Å². The fourth-order valence-corrected chi connectivity index (χ4v) is 1.18. The minimum absolute atomic E-state index is 0.0143. The van der Waals surface area contributed by atoms with Crippen molar-refractivity contribution >= 4 is 11.8 Å². The van der Waals surface area contributed by atoms with E-state index in [-0.39, 0.29) is 12.2 Å². The van der Waals surface area contributed by atoms with Crippen LogP contribution in [0.2, 0.25) is 0 Å². The fraction of sp³-hybridized carbons (Fsp3) is 0.273. The van der Waals surface area contributed by atoms with Crippen molar-refractivity contribution in [1.82, 2.24) is 0 Å². The number of aromatic hydroxyl groups is 1. The molecule has 0 spiro atoms. The highest BCUT2D eigenvalue weighted by atomic mass is 19.3. The third-order valence-corrected chi connectivity index (χ3v) is 1.98. The molecule has 0 saturated carbocycles. The monoisotopic (exact) mass is 244 g/mol. The second-order valence-electron chi connectivity index (χ2n) is 3.13. The SMILES string of the molecule is CCOC(=O)C(=O)c1ccc(C(F)F)cc1O. The van der Waals surface area contributed by atoms with Crippen LogP contribution in [-0.4, -0.2) is 23.5 Å². The number of carbonyl (C=O) groups is 2. The molecule has 4 nitrogen and oxygen atoms in total.